The van der Waals surface area contributed by atoms with E-state index in [1.165, 1.54) is 0 Å². The van der Waals surface area contributed by atoms with Crippen LogP contribution in [0, 0.1) is 11.6 Å². The SMILES string of the molecule is CCOC(=O)c1ccc(Nc2cc(F)ccc2F)cc1. The maximum absolute atomic E-state index is 13.5. The average molecular weight is 277 g/mol. The van der Waals surface area contributed by atoms with Crippen LogP contribution in [0.4, 0.5) is 20.2 Å². The van der Waals surface area contributed by atoms with Crippen molar-refractivity contribution in [1.82, 2.24) is 0 Å². The zero-order chi connectivity index (χ0) is 14.5. The van der Waals surface area contributed by atoms with Gasteiger partial charge in [0.1, 0.15) is 11.6 Å². The molecule has 20 heavy (non-hydrogen) atoms. The van der Waals surface area contributed by atoms with Gasteiger partial charge in [-0.3, -0.25) is 0 Å². The van der Waals surface area contributed by atoms with Crippen LogP contribution in [0.15, 0.2) is 42.5 Å². The van der Waals surface area contributed by atoms with Gasteiger partial charge in [-0.2, -0.15) is 0 Å². The predicted octanol–water partition coefficient (Wildman–Crippen LogP) is 3.89. The van der Waals surface area contributed by atoms with Gasteiger partial charge in [-0.1, -0.05) is 0 Å². The molecule has 5 heteroatoms. The molecular weight excluding hydrogens is 264 g/mol. The van der Waals surface area contributed by atoms with Gasteiger partial charge >= 0.3 is 5.97 Å². The maximum atomic E-state index is 13.5. The van der Waals surface area contributed by atoms with Crippen molar-refractivity contribution in [3.8, 4) is 0 Å². The van der Waals surface area contributed by atoms with E-state index in [0.29, 0.717) is 17.9 Å². The molecule has 2 rings (SSSR count). The van der Waals surface area contributed by atoms with E-state index in [4.69, 9.17) is 4.74 Å². The largest absolute Gasteiger partial charge is 0.462 e. The minimum atomic E-state index is -0.555. The van der Waals surface area contributed by atoms with Crippen molar-refractivity contribution in [2.75, 3.05) is 11.9 Å². The van der Waals surface area contributed by atoms with Crippen LogP contribution >= 0.6 is 0 Å². The van der Waals surface area contributed by atoms with Crippen LogP contribution in [0.2, 0.25) is 0 Å². The van der Waals surface area contributed by atoms with E-state index in [9.17, 15) is 13.6 Å². The number of carbonyl (C=O) groups is 1. The van der Waals surface area contributed by atoms with E-state index in [2.05, 4.69) is 5.32 Å². The third-order valence-corrected chi connectivity index (χ3v) is 2.60. The zero-order valence-corrected chi connectivity index (χ0v) is 10.8. The lowest BCUT2D eigenvalue weighted by molar-refractivity contribution is 0.0526. The minimum Gasteiger partial charge on any atom is -0.462 e. The monoisotopic (exact) mass is 277 g/mol. The molecule has 0 heterocycles. The van der Waals surface area contributed by atoms with Gasteiger partial charge in [0.05, 0.1) is 17.9 Å². The number of halogens is 2. The number of nitrogens with one attached hydrogen (secondary N) is 1. The molecule has 1 N–H and O–H groups in total. The summed E-state index contributed by atoms with van der Waals surface area (Å²) in [5, 5.41) is 2.74. The highest BCUT2D eigenvalue weighted by Gasteiger charge is 2.07. The average Bonchev–Trinajstić information content (AvgIpc) is 2.44. The fourth-order valence-electron chi connectivity index (χ4n) is 1.65. The number of esters is 1. The molecule has 0 atom stereocenters. The maximum Gasteiger partial charge on any atom is 0.338 e. The molecule has 104 valence electrons. The molecule has 0 bridgehead atoms. The van der Waals surface area contributed by atoms with E-state index >= 15 is 0 Å². The summed E-state index contributed by atoms with van der Waals surface area (Å²) in [6.45, 7) is 2.02. The summed E-state index contributed by atoms with van der Waals surface area (Å²) in [6.07, 6.45) is 0. The Morgan fingerprint density at radius 2 is 1.85 bits per heavy atom. The topological polar surface area (TPSA) is 38.3 Å². The van der Waals surface area contributed by atoms with Gasteiger partial charge in [-0.05, 0) is 43.3 Å². The molecule has 3 nitrogen and oxygen atoms in total. The van der Waals surface area contributed by atoms with Crippen LogP contribution in [-0.4, -0.2) is 12.6 Å². The van der Waals surface area contributed by atoms with Gasteiger partial charge < -0.3 is 10.1 Å². The highest BCUT2D eigenvalue weighted by atomic mass is 19.1. The molecule has 0 aliphatic carbocycles. The first-order chi connectivity index (χ1) is 9.60. The van der Waals surface area contributed by atoms with Crippen molar-refractivity contribution in [1.29, 1.82) is 0 Å². The van der Waals surface area contributed by atoms with E-state index in [1.54, 1.807) is 31.2 Å². The first kappa shape index (κ1) is 14.0. The third kappa shape index (κ3) is 3.32. The number of rotatable bonds is 4. The Kier molecular flexibility index (Phi) is 4.30. The number of ether oxygens (including phenoxy) is 1. The molecule has 0 unspecified atom stereocenters. The summed E-state index contributed by atoms with van der Waals surface area (Å²) in [7, 11) is 0. The molecule has 2 aromatic rings. The Bertz CT molecular complexity index is 612. The predicted molar refractivity (Wildman–Crippen MR) is 72.0 cm³/mol. The summed E-state index contributed by atoms with van der Waals surface area (Å²) >= 11 is 0. The van der Waals surface area contributed by atoms with Crippen LogP contribution in [-0.2, 0) is 4.74 Å². The van der Waals surface area contributed by atoms with Crippen LogP contribution in [0.3, 0.4) is 0 Å². The van der Waals surface area contributed by atoms with Crippen LogP contribution in [0.25, 0.3) is 0 Å². The molecule has 0 saturated carbocycles. The Balaban J connectivity index is 2.14. The van der Waals surface area contributed by atoms with Gasteiger partial charge in [0.15, 0.2) is 0 Å². The highest BCUT2D eigenvalue weighted by Crippen LogP contribution is 2.21. The number of carbonyl (C=O) groups excluding carboxylic acids is 1. The zero-order valence-electron chi connectivity index (χ0n) is 10.8. The normalized spacial score (nSPS) is 10.2. The van der Waals surface area contributed by atoms with Gasteiger partial charge in [0.25, 0.3) is 0 Å². The van der Waals surface area contributed by atoms with Gasteiger partial charge in [0, 0.05) is 11.8 Å². The van der Waals surface area contributed by atoms with E-state index in [0.717, 1.165) is 18.2 Å². The summed E-state index contributed by atoms with van der Waals surface area (Å²) in [5.41, 5.74) is 0.980. The van der Waals surface area contributed by atoms with Crippen molar-refractivity contribution < 1.29 is 18.3 Å². The fraction of sp³-hybridized carbons (Fsp3) is 0.133. The molecule has 0 aliphatic heterocycles. The number of hydrogen-bond acceptors (Lipinski definition) is 3. The summed E-state index contributed by atoms with van der Waals surface area (Å²) in [4.78, 5) is 11.5. The Hall–Kier alpha value is -2.43. The second-order valence-electron chi connectivity index (χ2n) is 4.05. The molecule has 0 aromatic heterocycles. The molecule has 0 spiro atoms. The quantitative estimate of drug-likeness (QED) is 0.862. The third-order valence-electron chi connectivity index (χ3n) is 2.60. The van der Waals surface area contributed by atoms with Gasteiger partial charge in [-0.15, -0.1) is 0 Å². The lowest BCUT2D eigenvalue weighted by Gasteiger charge is -2.08. The van der Waals surface area contributed by atoms with Crippen LogP contribution in [0.5, 0.6) is 0 Å². The van der Waals surface area contributed by atoms with Crippen LogP contribution in [0.1, 0.15) is 17.3 Å². The molecule has 0 amide bonds. The second kappa shape index (κ2) is 6.14. The van der Waals surface area contributed by atoms with Crippen molar-refractivity contribution in [2.24, 2.45) is 0 Å². The smallest absolute Gasteiger partial charge is 0.338 e. The van der Waals surface area contributed by atoms with E-state index < -0.39 is 17.6 Å². The highest BCUT2D eigenvalue weighted by molar-refractivity contribution is 5.89. The Morgan fingerprint density at radius 1 is 1.15 bits per heavy atom. The van der Waals surface area contributed by atoms with Crippen LogP contribution < -0.4 is 5.32 Å². The van der Waals surface area contributed by atoms with Crippen molar-refractivity contribution in [2.45, 2.75) is 6.92 Å². The summed E-state index contributed by atoms with van der Waals surface area (Å²) in [5.74, 6) is -1.51. The molecule has 0 saturated heterocycles. The molecule has 0 aliphatic rings. The Labute approximate surface area is 115 Å². The first-order valence-electron chi connectivity index (χ1n) is 6.09. The first-order valence-corrected chi connectivity index (χ1v) is 6.09. The van der Waals surface area contributed by atoms with Crippen molar-refractivity contribution in [3.63, 3.8) is 0 Å². The molecular formula is C15H13F2NO2. The van der Waals surface area contributed by atoms with Gasteiger partial charge in [-0.25, -0.2) is 13.6 Å². The second-order valence-corrected chi connectivity index (χ2v) is 4.05. The molecule has 0 radical (unpaired) electrons. The van der Waals surface area contributed by atoms with Crippen molar-refractivity contribution in [3.05, 3.63) is 59.7 Å². The summed E-state index contributed by atoms with van der Waals surface area (Å²) in [6, 6.07) is 9.45. The fourth-order valence-corrected chi connectivity index (χ4v) is 1.65. The lowest BCUT2D eigenvalue weighted by atomic mass is 10.2. The minimum absolute atomic E-state index is 0.0360. The molecule has 2 aromatic carbocycles. The lowest BCUT2D eigenvalue weighted by Crippen LogP contribution is -2.04. The number of anilines is 2. The Morgan fingerprint density at radius 3 is 2.50 bits per heavy atom. The number of hydrogen-bond donors (Lipinski definition) is 1. The van der Waals surface area contributed by atoms with E-state index in [-0.39, 0.29) is 5.69 Å². The van der Waals surface area contributed by atoms with Crippen molar-refractivity contribution >= 4 is 17.3 Å². The summed E-state index contributed by atoms with van der Waals surface area (Å²) < 4.78 is 31.3. The number of benzene rings is 2. The van der Waals surface area contributed by atoms with E-state index in [1.807, 2.05) is 0 Å². The van der Waals surface area contributed by atoms with Gasteiger partial charge in [0.2, 0.25) is 0 Å². The molecule has 0 fully saturated rings. The standard InChI is InChI=1S/C15H13F2NO2/c1-2-20-15(19)10-3-6-12(7-4-10)18-14-9-11(16)5-8-13(14)17/h3-9,18H,2H2,1H3.